The molecule has 0 aliphatic rings. The van der Waals surface area contributed by atoms with Crippen molar-refractivity contribution in [1.82, 2.24) is 9.78 Å². The van der Waals surface area contributed by atoms with E-state index in [0.29, 0.717) is 11.0 Å². The zero-order valence-electron chi connectivity index (χ0n) is 10.4. The van der Waals surface area contributed by atoms with Gasteiger partial charge in [0.2, 0.25) is 0 Å². The Morgan fingerprint density at radius 1 is 1.61 bits per heavy atom. The maximum atomic E-state index is 10.6. The maximum absolute atomic E-state index is 10.6. The van der Waals surface area contributed by atoms with Gasteiger partial charge in [0, 0.05) is 0 Å². The van der Waals surface area contributed by atoms with E-state index in [1.807, 2.05) is 13.8 Å². The van der Waals surface area contributed by atoms with Crippen LogP contribution in [0.5, 0.6) is 0 Å². The number of aryl methyl sites for hydroxylation is 1. The molecule has 0 radical (unpaired) electrons. The first-order valence-corrected chi connectivity index (χ1v) is 6.43. The first-order valence-electron chi connectivity index (χ1n) is 5.64. The molecule has 0 fully saturated rings. The maximum Gasteiger partial charge on any atom is 0.404 e. The number of rotatable bonds is 6. The zero-order chi connectivity index (χ0) is 13.8. The molecule has 0 aliphatic heterocycles. The number of aromatic nitrogens is 2. The molecule has 0 atom stereocenters. The highest BCUT2D eigenvalue weighted by atomic mass is 79.9. The van der Waals surface area contributed by atoms with Crippen LogP contribution in [-0.4, -0.2) is 14.7 Å². The quantitative estimate of drug-likeness (QED) is 0.458. The summed E-state index contributed by atoms with van der Waals surface area (Å²) in [5.41, 5.74) is -0.309. The van der Waals surface area contributed by atoms with Crippen LogP contribution in [0.25, 0.3) is 0 Å². The summed E-state index contributed by atoms with van der Waals surface area (Å²) >= 11 is 3.10. The Morgan fingerprint density at radius 3 is 2.78 bits per heavy atom. The predicted molar refractivity (Wildman–Crippen MR) is 69.8 cm³/mol. The Bertz CT molecular complexity index is 476. The van der Waals surface area contributed by atoms with Gasteiger partial charge < -0.3 is 10.1 Å². The van der Waals surface area contributed by atoms with Crippen molar-refractivity contribution in [2.75, 3.05) is 0 Å². The van der Waals surface area contributed by atoms with Crippen molar-refractivity contribution in [2.45, 2.75) is 39.7 Å². The van der Waals surface area contributed by atoms with Crippen LogP contribution >= 0.6 is 15.9 Å². The Kier molecular flexibility index (Phi) is 4.84. The van der Waals surface area contributed by atoms with E-state index >= 15 is 0 Å². The van der Waals surface area contributed by atoms with Gasteiger partial charge >= 0.3 is 5.82 Å². The molecule has 18 heavy (non-hydrogen) atoms. The number of nitrogens with zero attached hydrogens (tertiary/aromatic N) is 4. The topological polar surface area (TPSA) is 84.8 Å². The first-order chi connectivity index (χ1) is 8.35. The summed E-state index contributed by atoms with van der Waals surface area (Å²) in [5, 5.41) is 23.3. The molecule has 0 aromatic carbocycles. The van der Waals surface area contributed by atoms with Gasteiger partial charge in [0.1, 0.15) is 4.47 Å². The SMILES string of the molecule is CC(C)(C#N)CCCCn1cc(Br)c([N+](=O)[O-])n1. The van der Waals surface area contributed by atoms with Crippen LogP contribution in [0.1, 0.15) is 33.1 Å². The Morgan fingerprint density at radius 2 is 2.28 bits per heavy atom. The second kappa shape index (κ2) is 5.96. The average molecular weight is 315 g/mol. The molecule has 0 bridgehead atoms. The summed E-state index contributed by atoms with van der Waals surface area (Å²) in [6.07, 6.45) is 4.16. The Labute approximate surface area is 114 Å². The molecule has 98 valence electrons. The van der Waals surface area contributed by atoms with Gasteiger partial charge in [0.05, 0.1) is 29.3 Å². The molecule has 6 nitrogen and oxygen atoms in total. The summed E-state index contributed by atoms with van der Waals surface area (Å²) in [4.78, 5) is 10.1. The number of nitro groups is 1. The van der Waals surface area contributed by atoms with E-state index in [9.17, 15) is 10.1 Å². The monoisotopic (exact) mass is 314 g/mol. The number of halogens is 1. The molecule has 1 aromatic rings. The van der Waals surface area contributed by atoms with Gasteiger partial charge in [-0.05, 0) is 54.0 Å². The molecule has 1 rings (SSSR count). The molecule has 0 N–H and O–H groups in total. The van der Waals surface area contributed by atoms with Crippen molar-refractivity contribution in [3.8, 4) is 6.07 Å². The summed E-state index contributed by atoms with van der Waals surface area (Å²) in [6, 6.07) is 2.25. The van der Waals surface area contributed by atoms with E-state index in [0.717, 1.165) is 19.3 Å². The highest BCUT2D eigenvalue weighted by molar-refractivity contribution is 9.10. The van der Waals surface area contributed by atoms with E-state index in [-0.39, 0.29) is 11.2 Å². The fourth-order valence-corrected chi connectivity index (χ4v) is 1.98. The van der Waals surface area contributed by atoms with Gasteiger partial charge in [-0.25, -0.2) is 0 Å². The molecular weight excluding hydrogens is 300 g/mol. The summed E-state index contributed by atoms with van der Waals surface area (Å²) < 4.78 is 1.95. The van der Waals surface area contributed by atoms with Gasteiger partial charge in [0.25, 0.3) is 0 Å². The van der Waals surface area contributed by atoms with E-state index in [4.69, 9.17) is 5.26 Å². The third-order valence-electron chi connectivity index (χ3n) is 2.61. The summed E-state index contributed by atoms with van der Waals surface area (Å²) in [5.74, 6) is -0.160. The zero-order valence-corrected chi connectivity index (χ0v) is 12.0. The number of unbranched alkanes of at least 4 members (excludes halogenated alkanes) is 1. The minimum absolute atomic E-state index is 0.160. The molecule has 0 amide bonds. The van der Waals surface area contributed by atoms with Crippen molar-refractivity contribution < 1.29 is 4.92 Å². The normalized spacial score (nSPS) is 11.2. The van der Waals surface area contributed by atoms with Crippen LogP contribution in [0.4, 0.5) is 5.82 Å². The third-order valence-corrected chi connectivity index (χ3v) is 3.17. The van der Waals surface area contributed by atoms with Crippen LogP contribution in [0, 0.1) is 26.9 Å². The van der Waals surface area contributed by atoms with Crippen molar-refractivity contribution in [2.24, 2.45) is 5.41 Å². The first kappa shape index (κ1) is 14.6. The molecule has 0 aliphatic carbocycles. The van der Waals surface area contributed by atoms with E-state index in [1.165, 1.54) is 0 Å². The standard InChI is InChI=1S/C11H15BrN4O2/c1-11(2,8-13)5-3-4-6-15-7-9(12)10(14-15)16(17)18/h7H,3-6H2,1-2H3. The minimum Gasteiger partial charge on any atom is -0.358 e. The van der Waals surface area contributed by atoms with Crippen molar-refractivity contribution in [1.29, 1.82) is 5.26 Å². The van der Waals surface area contributed by atoms with E-state index in [2.05, 4.69) is 27.1 Å². The van der Waals surface area contributed by atoms with Gasteiger partial charge in [-0.15, -0.1) is 0 Å². The van der Waals surface area contributed by atoms with Gasteiger partial charge in [-0.2, -0.15) is 9.94 Å². The minimum atomic E-state index is -0.515. The predicted octanol–water partition coefficient (Wildman–Crippen LogP) is 3.27. The second-order valence-corrected chi connectivity index (χ2v) is 5.63. The highest BCUT2D eigenvalue weighted by Crippen LogP contribution is 2.24. The largest absolute Gasteiger partial charge is 0.404 e. The fourth-order valence-electron chi connectivity index (χ4n) is 1.52. The van der Waals surface area contributed by atoms with Gasteiger partial charge in [-0.1, -0.05) is 0 Å². The van der Waals surface area contributed by atoms with Crippen LogP contribution < -0.4 is 0 Å². The van der Waals surface area contributed by atoms with E-state index in [1.54, 1.807) is 10.9 Å². The number of hydrogen-bond acceptors (Lipinski definition) is 4. The summed E-state index contributed by atoms with van der Waals surface area (Å²) in [7, 11) is 0. The van der Waals surface area contributed by atoms with Gasteiger partial charge in [0.15, 0.2) is 0 Å². The fraction of sp³-hybridized carbons (Fsp3) is 0.636. The van der Waals surface area contributed by atoms with Crippen molar-refractivity contribution >= 4 is 21.7 Å². The van der Waals surface area contributed by atoms with Crippen molar-refractivity contribution in [3.63, 3.8) is 0 Å². The molecule has 7 heteroatoms. The van der Waals surface area contributed by atoms with E-state index < -0.39 is 4.92 Å². The lowest BCUT2D eigenvalue weighted by molar-refractivity contribution is -0.390. The third kappa shape index (κ3) is 4.11. The van der Waals surface area contributed by atoms with Crippen LogP contribution in [0.2, 0.25) is 0 Å². The lowest BCUT2D eigenvalue weighted by atomic mass is 9.89. The number of nitriles is 1. The molecular formula is C11H15BrN4O2. The summed E-state index contributed by atoms with van der Waals surface area (Å²) in [6.45, 7) is 4.43. The molecule has 1 heterocycles. The molecule has 0 spiro atoms. The smallest absolute Gasteiger partial charge is 0.358 e. The van der Waals surface area contributed by atoms with Crippen LogP contribution in [0.15, 0.2) is 10.7 Å². The lowest BCUT2D eigenvalue weighted by Gasteiger charge is -2.13. The average Bonchev–Trinajstić information content (AvgIpc) is 2.66. The molecule has 0 unspecified atom stereocenters. The van der Waals surface area contributed by atoms with Crippen molar-refractivity contribution in [3.05, 3.63) is 20.8 Å². The van der Waals surface area contributed by atoms with Gasteiger partial charge in [-0.3, -0.25) is 0 Å². The number of hydrogen-bond donors (Lipinski definition) is 0. The molecule has 0 saturated heterocycles. The van der Waals surface area contributed by atoms with Crippen LogP contribution in [0.3, 0.4) is 0 Å². The molecule has 0 saturated carbocycles. The Balaban J connectivity index is 2.44. The highest BCUT2D eigenvalue weighted by Gasteiger charge is 2.19. The molecule has 1 aromatic heterocycles. The Hall–Kier alpha value is -1.42. The van der Waals surface area contributed by atoms with Crippen LogP contribution in [-0.2, 0) is 6.54 Å². The second-order valence-electron chi connectivity index (χ2n) is 4.77. The lowest BCUT2D eigenvalue weighted by Crippen LogP contribution is -2.08.